The number of nitrogens with one attached hydrogen (secondary N) is 1. The molecule has 7 nitrogen and oxygen atoms in total. The monoisotopic (exact) mass is 369 g/mol. The lowest BCUT2D eigenvalue weighted by Crippen LogP contribution is -2.36. The average Bonchev–Trinajstić information content (AvgIpc) is 2.74. The molecular formula is C20H23N3O4. The number of nitrogens with zero attached hydrogens (tertiary/aromatic N) is 2. The fourth-order valence-corrected chi connectivity index (χ4v) is 2.76. The normalized spacial score (nSPS) is 14.2. The van der Waals surface area contributed by atoms with Crippen LogP contribution in [0.25, 0.3) is 0 Å². The largest absolute Gasteiger partial charge is 0.497 e. The van der Waals surface area contributed by atoms with Gasteiger partial charge in [-0.3, -0.25) is 4.79 Å². The second kappa shape index (κ2) is 9.05. The van der Waals surface area contributed by atoms with E-state index in [0.717, 1.165) is 37.6 Å². The quantitative estimate of drug-likeness (QED) is 0.625. The van der Waals surface area contributed by atoms with E-state index in [1.54, 1.807) is 24.4 Å². The zero-order valence-electron chi connectivity index (χ0n) is 15.5. The van der Waals surface area contributed by atoms with E-state index >= 15 is 0 Å². The van der Waals surface area contributed by atoms with E-state index in [9.17, 15) is 4.79 Å². The third-order valence-electron chi connectivity index (χ3n) is 4.26. The van der Waals surface area contributed by atoms with Crippen LogP contribution >= 0.6 is 0 Å². The first-order valence-electron chi connectivity index (χ1n) is 8.69. The van der Waals surface area contributed by atoms with Gasteiger partial charge in [0.2, 0.25) is 0 Å². The van der Waals surface area contributed by atoms with Crippen LogP contribution in [0.3, 0.4) is 0 Å². The summed E-state index contributed by atoms with van der Waals surface area (Å²) < 4.78 is 15.7. The van der Waals surface area contributed by atoms with E-state index in [0.29, 0.717) is 17.1 Å². The number of rotatable bonds is 6. The molecule has 0 saturated carbocycles. The molecule has 0 aromatic heterocycles. The van der Waals surface area contributed by atoms with Crippen LogP contribution in [0.2, 0.25) is 0 Å². The summed E-state index contributed by atoms with van der Waals surface area (Å²) in [6, 6.07) is 13.0. The summed E-state index contributed by atoms with van der Waals surface area (Å²) in [6.45, 7) is 3.30. The maximum absolute atomic E-state index is 12.3. The van der Waals surface area contributed by atoms with Gasteiger partial charge < -0.3 is 19.1 Å². The van der Waals surface area contributed by atoms with Gasteiger partial charge in [-0.05, 0) is 29.8 Å². The number of carbonyl (C=O) groups excluding carboxylic acids is 1. The molecule has 1 aliphatic heterocycles. The fourth-order valence-electron chi connectivity index (χ4n) is 2.76. The lowest BCUT2D eigenvalue weighted by Gasteiger charge is -2.28. The lowest BCUT2D eigenvalue weighted by molar-refractivity contribution is 0.0954. The summed E-state index contributed by atoms with van der Waals surface area (Å²) in [5.41, 5.74) is 4.98. The van der Waals surface area contributed by atoms with Crippen molar-refractivity contribution in [3.8, 4) is 11.5 Å². The molecule has 0 aliphatic carbocycles. The SMILES string of the molecule is COc1cc(OC)cc(C(=O)N/N=C\c2ccc(N3CCOCC3)cc2)c1. The number of hydrogen-bond acceptors (Lipinski definition) is 6. The Morgan fingerprint density at radius 1 is 1.07 bits per heavy atom. The lowest BCUT2D eigenvalue weighted by atomic mass is 10.2. The fraction of sp³-hybridized carbons (Fsp3) is 0.300. The van der Waals surface area contributed by atoms with E-state index < -0.39 is 0 Å². The van der Waals surface area contributed by atoms with Crippen molar-refractivity contribution in [3.63, 3.8) is 0 Å². The summed E-state index contributed by atoms with van der Waals surface area (Å²) in [7, 11) is 3.07. The van der Waals surface area contributed by atoms with E-state index in [4.69, 9.17) is 14.2 Å². The molecule has 1 saturated heterocycles. The van der Waals surface area contributed by atoms with Gasteiger partial charge >= 0.3 is 0 Å². The van der Waals surface area contributed by atoms with Crippen molar-refractivity contribution >= 4 is 17.8 Å². The van der Waals surface area contributed by atoms with Crippen molar-refractivity contribution in [1.82, 2.24) is 5.43 Å². The Morgan fingerprint density at radius 2 is 1.70 bits per heavy atom. The van der Waals surface area contributed by atoms with E-state index in [1.165, 1.54) is 14.2 Å². The van der Waals surface area contributed by atoms with Gasteiger partial charge in [0.15, 0.2) is 0 Å². The first kappa shape index (κ1) is 18.7. The third kappa shape index (κ3) is 4.98. The van der Waals surface area contributed by atoms with Gasteiger partial charge in [-0.25, -0.2) is 5.43 Å². The molecule has 0 unspecified atom stereocenters. The number of amides is 1. The molecule has 3 rings (SSSR count). The number of methoxy groups -OCH3 is 2. The van der Waals surface area contributed by atoms with E-state index in [1.807, 2.05) is 24.3 Å². The summed E-state index contributed by atoms with van der Waals surface area (Å²) in [5.74, 6) is 0.748. The van der Waals surface area contributed by atoms with Gasteiger partial charge in [0.1, 0.15) is 11.5 Å². The van der Waals surface area contributed by atoms with Crippen molar-refractivity contribution in [2.45, 2.75) is 0 Å². The first-order valence-corrected chi connectivity index (χ1v) is 8.69. The number of ether oxygens (including phenoxy) is 3. The van der Waals surface area contributed by atoms with Crippen molar-refractivity contribution in [3.05, 3.63) is 53.6 Å². The number of hydrazone groups is 1. The topological polar surface area (TPSA) is 72.4 Å². The highest BCUT2D eigenvalue weighted by atomic mass is 16.5. The highest BCUT2D eigenvalue weighted by Crippen LogP contribution is 2.22. The summed E-state index contributed by atoms with van der Waals surface area (Å²) in [4.78, 5) is 14.6. The maximum Gasteiger partial charge on any atom is 0.271 e. The molecule has 0 atom stereocenters. The molecule has 7 heteroatoms. The van der Waals surface area contributed by atoms with Gasteiger partial charge in [-0.1, -0.05) is 12.1 Å². The maximum atomic E-state index is 12.3. The number of morpholine rings is 1. The highest BCUT2D eigenvalue weighted by molar-refractivity contribution is 5.95. The molecule has 1 aliphatic rings. The standard InChI is InChI=1S/C20H23N3O4/c1-25-18-11-16(12-19(13-18)26-2)20(24)22-21-14-15-3-5-17(6-4-15)23-7-9-27-10-8-23/h3-6,11-14H,7-10H2,1-2H3,(H,22,24)/b21-14-. The second-order valence-electron chi connectivity index (χ2n) is 5.99. The zero-order valence-corrected chi connectivity index (χ0v) is 15.5. The highest BCUT2D eigenvalue weighted by Gasteiger charge is 2.11. The third-order valence-corrected chi connectivity index (χ3v) is 4.26. The Labute approximate surface area is 158 Å². The van der Waals surface area contributed by atoms with Gasteiger partial charge in [-0.15, -0.1) is 0 Å². The van der Waals surface area contributed by atoms with Crippen molar-refractivity contribution in [1.29, 1.82) is 0 Å². The Kier molecular flexibility index (Phi) is 6.27. The number of carbonyl (C=O) groups is 1. The summed E-state index contributed by atoms with van der Waals surface area (Å²) >= 11 is 0. The minimum atomic E-state index is -0.339. The van der Waals surface area contributed by atoms with Crippen LogP contribution in [0.4, 0.5) is 5.69 Å². The smallest absolute Gasteiger partial charge is 0.271 e. The summed E-state index contributed by atoms with van der Waals surface area (Å²) in [6.07, 6.45) is 1.61. The summed E-state index contributed by atoms with van der Waals surface area (Å²) in [5, 5.41) is 4.03. The molecule has 0 bridgehead atoms. The van der Waals surface area contributed by atoms with Crippen molar-refractivity contribution < 1.29 is 19.0 Å². The van der Waals surface area contributed by atoms with Gasteiger partial charge in [0.25, 0.3) is 5.91 Å². The van der Waals surface area contributed by atoms with Crippen molar-refractivity contribution in [2.24, 2.45) is 5.10 Å². The molecule has 1 heterocycles. The van der Waals surface area contributed by atoms with E-state index in [-0.39, 0.29) is 5.91 Å². The van der Waals surface area contributed by atoms with E-state index in [2.05, 4.69) is 15.4 Å². The first-order chi connectivity index (χ1) is 13.2. The second-order valence-corrected chi connectivity index (χ2v) is 5.99. The molecule has 0 radical (unpaired) electrons. The Morgan fingerprint density at radius 3 is 2.30 bits per heavy atom. The van der Waals surface area contributed by atoms with Gasteiger partial charge in [0, 0.05) is 30.4 Å². The number of benzene rings is 2. The Hall–Kier alpha value is -3.06. The van der Waals surface area contributed by atoms with Crippen LogP contribution in [0.5, 0.6) is 11.5 Å². The average molecular weight is 369 g/mol. The van der Waals surface area contributed by atoms with Crippen molar-refractivity contribution in [2.75, 3.05) is 45.4 Å². The molecule has 1 amide bonds. The molecule has 27 heavy (non-hydrogen) atoms. The van der Waals surface area contributed by atoms with Crippen LogP contribution < -0.4 is 19.8 Å². The minimum Gasteiger partial charge on any atom is -0.497 e. The predicted molar refractivity (Wildman–Crippen MR) is 104 cm³/mol. The molecule has 142 valence electrons. The molecular weight excluding hydrogens is 346 g/mol. The van der Waals surface area contributed by atoms with Crippen LogP contribution in [0, 0.1) is 0 Å². The Bertz CT molecular complexity index is 777. The zero-order chi connectivity index (χ0) is 19.1. The molecule has 2 aromatic carbocycles. The minimum absolute atomic E-state index is 0.339. The van der Waals surface area contributed by atoms with Crippen LogP contribution in [-0.2, 0) is 4.74 Å². The van der Waals surface area contributed by atoms with Crippen LogP contribution in [-0.4, -0.2) is 52.6 Å². The molecule has 1 fully saturated rings. The van der Waals surface area contributed by atoms with Crippen LogP contribution in [0.15, 0.2) is 47.6 Å². The number of hydrogen-bond donors (Lipinski definition) is 1. The molecule has 1 N–H and O–H groups in total. The Balaban J connectivity index is 1.60. The predicted octanol–water partition coefficient (Wildman–Crippen LogP) is 2.30. The van der Waals surface area contributed by atoms with Crippen LogP contribution in [0.1, 0.15) is 15.9 Å². The van der Waals surface area contributed by atoms with Gasteiger partial charge in [-0.2, -0.15) is 5.10 Å². The molecule has 0 spiro atoms. The number of anilines is 1. The molecule has 2 aromatic rings. The van der Waals surface area contributed by atoms with Gasteiger partial charge in [0.05, 0.1) is 33.6 Å².